The zero-order valence-corrected chi connectivity index (χ0v) is 7.09. The van der Waals surface area contributed by atoms with E-state index in [9.17, 15) is 0 Å². The van der Waals surface area contributed by atoms with E-state index in [4.69, 9.17) is 0 Å². The molecule has 2 nitrogen and oxygen atoms in total. The van der Waals surface area contributed by atoms with Gasteiger partial charge in [0.15, 0.2) is 0 Å². The van der Waals surface area contributed by atoms with Crippen LogP contribution in [0.4, 0.5) is 0 Å². The van der Waals surface area contributed by atoms with E-state index in [2.05, 4.69) is 22.9 Å². The summed E-state index contributed by atoms with van der Waals surface area (Å²) in [6.07, 6.45) is 2.33. The third-order valence-electron chi connectivity index (χ3n) is 1.01. The Labute approximate surface area is 63.1 Å². The Morgan fingerprint density at radius 2 is 2.10 bits per heavy atom. The summed E-state index contributed by atoms with van der Waals surface area (Å²) < 4.78 is 0. The number of nitrogens with zero attached hydrogens (tertiary/aromatic N) is 2. The van der Waals surface area contributed by atoms with Gasteiger partial charge in [-0.05, 0) is 20.3 Å². The lowest BCUT2D eigenvalue weighted by Crippen LogP contribution is -1.85. The van der Waals surface area contributed by atoms with Crippen LogP contribution >= 0.6 is 0 Å². The number of hydrogen-bond acceptors (Lipinski definition) is 2. The van der Waals surface area contributed by atoms with Crippen molar-refractivity contribution >= 4 is 6.01 Å². The summed E-state index contributed by atoms with van der Waals surface area (Å²) in [5, 5.41) is 0. The summed E-state index contributed by atoms with van der Waals surface area (Å²) >= 11 is 0. The molecule has 0 spiro atoms. The average molecular weight is 140 g/mol. The molecule has 0 aliphatic rings. The largest absolute Gasteiger partial charge is 0.226 e. The molecule has 0 N–H and O–H groups in total. The molecular weight excluding hydrogens is 124 g/mol. The van der Waals surface area contributed by atoms with Crippen molar-refractivity contribution in [1.82, 2.24) is 0 Å². The fraction of sp³-hybridized carbons (Fsp3) is 0.875. The van der Waals surface area contributed by atoms with Gasteiger partial charge in [0.2, 0.25) is 0 Å². The lowest BCUT2D eigenvalue weighted by atomic mass is 10.3. The van der Waals surface area contributed by atoms with Gasteiger partial charge >= 0.3 is 0 Å². The minimum Gasteiger partial charge on any atom is -0.226 e. The molecule has 0 atom stereocenters. The molecule has 0 aliphatic carbocycles. The topological polar surface area (TPSA) is 24.7 Å². The lowest BCUT2D eigenvalue weighted by Gasteiger charge is -1.87. The van der Waals surface area contributed by atoms with Crippen LogP contribution in [0.15, 0.2) is 9.98 Å². The Morgan fingerprint density at radius 3 is 2.60 bits per heavy atom. The molecule has 0 aliphatic heterocycles. The van der Waals surface area contributed by atoms with Gasteiger partial charge in [0.05, 0.1) is 12.1 Å². The van der Waals surface area contributed by atoms with Crippen molar-refractivity contribution in [2.75, 3.05) is 6.54 Å². The highest BCUT2D eigenvalue weighted by molar-refractivity contribution is 5.41. The van der Waals surface area contributed by atoms with E-state index in [1.54, 1.807) is 0 Å². The standard InChI is InChI=1S/C8H16N2/c1-4-5-6-9-7-10-8(2)3/h8H,4-6H2,1-3H3. The van der Waals surface area contributed by atoms with Gasteiger partial charge in [0.1, 0.15) is 0 Å². The summed E-state index contributed by atoms with van der Waals surface area (Å²) in [5.41, 5.74) is 0. The van der Waals surface area contributed by atoms with Crippen molar-refractivity contribution < 1.29 is 0 Å². The van der Waals surface area contributed by atoms with Crippen molar-refractivity contribution in [3.05, 3.63) is 0 Å². The number of hydrogen-bond donors (Lipinski definition) is 0. The number of rotatable bonds is 4. The van der Waals surface area contributed by atoms with Crippen LogP contribution in [0.5, 0.6) is 0 Å². The highest BCUT2D eigenvalue weighted by Crippen LogP contribution is 1.85. The molecule has 0 saturated heterocycles. The zero-order chi connectivity index (χ0) is 7.82. The SMILES string of the molecule is CCCCN=C=NC(C)C. The molecule has 0 aromatic carbocycles. The van der Waals surface area contributed by atoms with Gasteiger partial charge in [0.25, 0.3) is 0 Å². The van der Waals surface area contributed by atoms with Gasteiger partial charge < -0.3 is 0 Å². The Kier molecular flexibility index (Phi) is 6.10. The Morgan fingerprint density at radius 1 is 1.40 bits per heavy atom. The third-order valence-corrected chi connectivity index (χ3v) is 1.01. The van der Waals surface area contributed by atoms with Crippen LogP contribution in [-0.2, 0) is 0 Å². The van der Waals surface area contributed by atoms with E-state index in [0.29, 0.717) is 6.04 Å². The van der Waals surface area contributed by atoms with Gasteiger partial charge in [-0.15, -0.1) is 0 Å². The van der Waals surface area contributed by atoms with Gasteiger partial charge in [-0.1, -0.05) is 13.3 Å². The van der Waals surface area contributed by atoms with Gasteiger partial charge in [-0.25, -0.2) is 9.98 Å². The predicted octanol–water partition coefficient (Wildman–Crippen LogP) is 2.37. The van der Waals surface area contributed by atoms with Crippen LogP contribution in [0.2, 0.25) is 0 Å². The molecule has 58 valence electrons. The molecule has 0 bridgehead atoms. The summed E-state index contributed by atoms with van der Waals surface area (Å²) in [7, 11) is 0. The van der Waals surface area contributed by atoms with E-state index in [-0.39, 0.29) is 0 Å². The van der Waals surface area contributed by atoms with Crippen LogP contribution < -0.4 is 0 Å². The molecular formula is C8H16N2. The average Bonchev–Trinajstić information content (AvgIpc) is 1.87. The minimum absolute atomic E-state index is 0.324. The van der Waals surface area contributed by atoms with Crippen molar-refractivity contribution in [3.63, 3.8) is 0 Å². The molecule has 2 heteroatoms. The summed E-state index contributed by atoms with van der Waals surface area (Å²) in [4.78, 5) is 7.96. The predicted molar refractivity (Wildman–Crippen MR) is 44.8 cm³/mol. The number of aliphatic imine (C=N–C) groups is 2. The van der Waals surface area contributed by atoms with Gasteiger partial charge in [-0.3, -0.25) is 0 Å². The summed E-state index contributed by atoms with van der Waals surface area (Å²) in [6.45, 7) is 7.05. The minimum atomic E-state index is 0.324. The van der Waals surface area contributed by atoms with Gasteiger partial charge in [0, 0.05) is 6.54 Å². The molecule has 0 unspecified atom stereocenters. The first-order valence-corrected chi connectivity index (χ1v) is 3.88. The second-order valence-electron chi connectivity index (χ2n) is 2.56. The second-order valence-corrected chi connectivity index (χ2v) is 2.56. The van der Waals surface area contributed by atoms with E-state index in [1.807, 2.05) is 13.8 Å². The van der Waals surface area contributed by atoms with E-state index in [1.165, 1.54) is 6.42 Å². The fourth-order valence-electron chi connectivity index (χ4n) is 0.443. The van der Waals surface area contributed by atoms with Crippen molar-refractivity contribution in [2.45, 2.75) is 39.7 Å². The molecule has 0 fully saturated rings. The highest BCUT2D eigenvalue weighted by Gasteiger charge is 1.80. The smallest absolute Gasteiger partial charge is 0.0895 e. The normalized spacial score (nSPS) is 9.20. The van der Waals surface area contributed by atoms with Crippen molar-refractivity contribution in [1.29, 1.82) is 0 Å². The first-order chi connectivity index (χ1) is 4.77. The highest BCUT2D eigenvalue weighted by atomic mass is 14.8. The first kappa shape index (κ1) is 9.38. The molecule has 10 heavy (non-hydrogen) atoms. The molecule has 0 radical (unpaired) electrons. The molecule has 0 heterocycles. The Hall–Kier alpha value is -0.620. The van der Waals surface area contributed by atoms with E-state index >= 15 is 0 Å². The fourth-order valence-corrected chi connectivity index (χ4v) is 0.443. The third kappa shape index (κ3) is 7.38. The molecule has 0 saturated carbocycles. The van der Waals surface area contributed by atoms with E-state index < -0.39 is 0 Å². The quantitative estimate of drug-likeness (QED) is 0.423. The van der Waals surface area contributed by atoms with Gasteiger partial charge in [-0.2, -0.15) is 0 Å². The monoisotopic (exact) mass is 140 g/mol. The zero-order valence-electron chi connectivity index (χ0n) is 7.09. The summed E-state index contributed by atoms with van der Waals surface area (Å²) in [5.74, 6) is 0. The first-order valence-electron chi connectivity index (χ1n) is 3.88. The van der Waals surface area contributed by atoms with Crippen LogP contribution in [-0.4, -0.2) is 18.6 Å². The maximum absolute atomic E-state index is 3.98. The summed E-state index contributed by atoms with van der Waals surface area (Å²) in [6, 6.07) is 2.99. The second kappa shape index (κ2) is 6.50. The Bertz CT molecular complexity index is 121. The number of unbranched alkanes of at least 4 members (excludes halogenated alkanes) is 1. The molecule has 0 rings (SSSR count). The van der Waals surface area contributed by atoms with Crippen LogP contribution in [0.3, 0.4) is 0 Å². The maximum Gasteiger partial charge on any atom is 0.0895 e. The molecule has 0 aromatic heterocycles. The van der Waals surface area contributed by atoms with Crippen molar-refractivity contribution in [2.24, 2.45) is 9.98 Å². The van der Waals surface area contributed by atoms with Crippen LogP contribution in [0, 0.1) is 0 Å². The van der Waals surface area contributed by atoms with E-state index in [0.717, 1.165) is 13.0 Å². The van der Waals surface area contributed by atoms with Crippen LogP contribution in [0.1, 0.15) is 33.6 Å². The molecule has 0 aromatic rings. The maximum atomic E-state index is 3.98. The van der Waals surface area contributed by atoms with Crippen LogP contribution in [0.25, 0.3) is 0 Å². The molecule has 0 amide bonds. The Balaban J connectivity index is 3.35. The van der Waals surface area contributed by atoms with Crippen molar-refractivity contribution in [3.8, 4) is 0 Å². The lowest BCUT2D eigenvalue weighted by molar-refractivity contribution is 0.804.